The monoisotopic (exact) mass is 409 g/mol. The first-order valence-corrected chi connectivity index (χ1v) is 9.47. The number of methoxy groups -OCH3 is 1. The van der Waals surface area contributed by atoms with Crippen molar-refractivity contribution in [3.05, 3.63) is 82.8 Å². The molecule has 0 saturated carbocycles. The lowest BCUT2D eigenvalue weighted by molar-refractivity contribution is -0.186. The predicted molar refractivity (Wildman–Crippen MR) is 110 cm³/mol. The lowest BCUT2D eigenvalue weighted by Gasteiger charge is -2.26. The number of rotatable bonds is 6. The van der Waals surface area contributed by atoms with Crippen LogP contribution in [-0.4, -0.2) is 39.1 Å². The second kappa shape index (κ2) is 7.76. The summed E-state index contributed by atoms with van der Waals surface area (Å²) in [5.41, 5.74) is 2.96. The highest BCUT2D eigenvalue weighted by Crippen LogP contribution is 2.44. The number of carbonyl (C=O) groups is 1. The molecule has 7 heteroatoms. The molecule has 30 heavy (non-hydrogen) atoms. The number of nitrogens with zero attached hydrogens (tertiary/aromatic N) is 1. The minimum absolute atomic E-state index is 0.0118. The molecule has 7 nitrogen and oxygen atoms in total. The van der Waals surface area contributed by atoms with Gasteiger partial charge in [-0.05, 0) is 42.0 Å². The molecule has 2 aliphatic heterocycles. The molecule has 0 spiro atoms. The van der Waals surface area contributed by atoms with Gasteiger partial charge in [-0.3, -0.25) is 0 Å². The molecule has 156 valence electrons. The Bertz CT molecular complexity index is 1010. The van der Waals surface area contributed by atoms with Crippen molar-refractivity contribution in [3.8, 4) is 5.75 Å². The van der Waals surface area contributed by atoms with E-state index >= 15 is 0 Å². The van der Waals surface area contributed by atoms with Crippen molar-refractivity contribution in [2.75, 3.05) is 32.9 Å². The summed E-state index contributed by atoms with van der Waals surface area (Å²) in [6.07, 6.45) is 1.66. The van der Waals surface area contributed by atoms with Crippen LogP contribution in [0.4, 0.5) is 5.69 Å². The van der Waals surface area contributed by atoms with E-state index in [0.717, 1.165) is 11.3 Å². The van der Waals surface area contributed by atoms with Crippen LogP contribution < -0.4 is 9.64 Å². The van der Waals surface area contributed by atoms with E-state index in [2.05, 4.69) is 0 Å². The van der Waals surface area contributed by atoms with Crippen molar-refractivity contribution >= 4 is 11.7 Å². The maximum absolute atomic E-state index is 12.8. The smallest absolute Gasteiger partial charge is 0.345 e. The summed E-state index contributed by atoms with van der Waals surface area (Å²) in [5.74, 6) is -1.70. The zero-order chi connectivity index (χ0) is 21.3. The number of anilines is 1. The number of benzene rings is 2. The average molecular weight is 409 g/mol. The molecule has 2 aliphatic rings. The Labute approximate surface area is 174 Å². The fourth-order valence-corrected chi connectivity index (χ4v) is 3.54. The van der Waals surface area contributed by atoms with E-state index in [1.165, 1.54) is 6.26 Å². The maximum Gasteiger partial charge on any atom is 0.345 e. The predicted octanol–water partition coefficient (Wildman–Crippen LogP) is 2.85. The summed E-state index contributed by atoms with van der Waals surface area (Å²) in [6.45, 7) is 0.0118. The van der Waals surface area contributed by atoms with Crippen molar-refractivity contribution in [3.63, 3.8) is 0 Å². The van der Waals surface area contributed by atoms with Crippen LogP contribution in [-0.2, 0) is 31.2 Å². The van der Waals surface area contributed by atoms with Crippen LogP contribution >= 0.6 is 0 Å². The Hall–Kier alpha value is -3.45. The molecule has 0 bridgehead atoms. The van der Waals surface area contributed by atoms with Gasteiger partial charge in [0.1, 0.15) is 17.6 Å². The minimum Gasteiger partial charge on any atom is -0.497 e. The van der Waals surface area contributed by atoms with E-state index < -0.39 is 11.8 Å². The Morgan fingerprint density at radius 2 is 1.80 bits per heavy atom. The summed E-state index contributed by atoms with van der Waals surface area (Å²) >= 11 is 0. The number of esters is 1. The Morgan fingerprint density at radius 3 is 2.37 bits per heavy atom. The summed E-state index contributed by atoms with van der Waals surface area (Å²) in [4.78, 5) is 14.8. The summed E-state index contributed by atoms with van der Waals surface area (Å²) < 4.78 is 21.3. The normalized spacial score (nSPS) is 20.4. The fourth-order valence-electron chi connectivity index (χ4n) is 3.54. The number of hydrogen-bond acceptors (Lipinski definition) is 7. The van der Waals surface area contributed by atoms with Gasteiger partial charge in [0.05, 0.1) is 7.11 Å². The fraction of sp³-hybridized carbons (Fsp3) is 0.261. The highest BCUT2D eigenvalue weighted by Gasteiger charge is 2.49. The first-order valence-electron chi connectivity index (χ1n) is 9.47. The van der Waals surface area contributed by atoms with Gasteiger partial charge in [0.25, 0.3) is 5.79 Å². The van der Waals surface area contributed by atoms with Crippen molar-refractivity contribution in [2.24, 2.45) is 0 Å². The van der Waals surface area contributed by atoms with Crippen molar-refractivity contribution in [1.29, 1.82) is 0 Å². The van der Waals surface area contributed by atoms with E-state index in [9.17, 15) is 9.90 Å². The molecule has 0 saturated heterocycles. The van der Waals surface area contributed by atoms with Crippen LogP contribution in [0.5, 0.6) is 5.75 Å². The van der Waals surface area contributed by atoms with Gasteiger partial charge in [0.15, 0.2) is 5.76 Å². The van der Waals surface area contributed by atoms with Crippen LogP contribution in [0.2, 0.25) is 0 Å². The molecule has 2 aromatic rings. The third kappa shape index (κ3) is 3.48. The van der Waals surface area contributed by atoms with E-state index in [-0.39, 0.29) is 24.5 Å². The molecule has 2 heterocycles. The van der Waals surface area contributed by atoms with Gasteiger partial charge in [-0.1, -0.05) is 12.1 Å². The molecule has 0 radical (unpaired) electrons. The molecule has 4 rings (SSSR count). The van der Waals surface area contributed by atoms with E-state index in [1.54, 1.807) is 31.4 Å². The number of carbonyl (C=O) groups excluding carboxylic acids is 1. The summed E-state index contributed by atoms with van der Waals surface area (Å²) in [6, 6.07) is 14.6. The molecular formula is C23H23NO6. The zero-order valence-corrected chi connectivity index (χ0v) is 17.0. The molecule has 0 aliphatic carbocycles. The molecule has 2 aromatic carbocycles. The molecule has 0 aromatic heterocycles. The largest absolute Gasteiger partial charge is 0.497 e. The van der Waals surface area contributed by atoms with Crippen LogP contribution in [0, 0.1) is 0 Å². The first kappa shape index (κ1) is 19.8. The Morgan fingerprint density at radius 1 is 1.10 bits per heavy atom. The number of cyclic esters (lactones) is 1. The van der Waals surface area contributed by atoms with Crippen LogP contribution in [0.3, 0.4) is 0 Å². The van der Waals surface area contributed by atoms with Gasteiger partial charge >= 0.3 is 5.97 Å². The quantitative estimate of drug-likeness (QED) is 0.735. The van der Waals surface area contributed by atoms with E-state index in [4.69, 9.17) is 18.9 Å². The third-order valence-corrected chi connectivity index (χ3v) is 5.19. The molecule has 0 amide bonds. The SMILES string of the molecule is COc1ccc(C2(O)OC(=O)C(C3=COCO3)=C2Cc2ccc(N(C)C)cc2)cc1. The highest BCUT2D eigenvalue weighted by atomic mass is 16.7. The average Bonchev–Trinajstić information content (AvgIpc) is 3.35. The summed E-state index contributed by atoms with van der Waals surface area (Å²) in [5, 5.41) is 11.5. The Balaban J connectivity index is 1.78. The lowest BCUT2D eigenvalue weighted by Crippen LogP contribution is -2.29. The molecule has 1 N–H and O–H groups in total. The number of aliphatic hydroxyl groups is 1. The molecule has 0 fully saturated rings. The maximum atomic E-state index is 12.8. The van der Waals surface area contributed by atoms with Gasteiger partial charge in [-0.2, -0.15) is 0 Å². The number of hydrogen-bond donors (Lipinski definition) is 1. The second-order valence-electron chi connectivity index (χ2n) is 7.26. The topological polar surface area (TPSA) is 77.5 Å². The van der Waals surface area contributed by atoms with Gasteiger partial charge in [-0.15, -0.1) is 0 Å². The van der Waals surface area contributed by atoms with Crippen molar-refractivity contribution in [2.45, 2.75) is 12.2 Å². The van der Waals surface area contributed by atoms with Gasteiger partial charge in [0.2, 0.25) is 6.79 Å². The van der Waals surface area contributed by atoms with Gasteiger partial charge in [-0.25, -0.2) is 4.79 Å². The van der Waals surface area contributed by atoms with Crippen molar-refractivity contribution in [1.82, 2.24) is 0 Å². The minimum atomic E-state index is -1.92. The molecular weight excluding hydrogens is 386 g/mol. The van der Waals surface area contributed by atoms with Gasteiger partial charge < -0.3 is 29.0 Å². The number of ether oxygens (including phenoxy) is 4. The summed E-state index contributed by atoms with van der Waals surface area (Å²) in [7, 11) is 5.49. The van der Waals surface area contributed by atoms with Crippen LogP contribution in [0.1, 0.15) is 11.1 Å². The zero-order valence-electron chi connectivity index (χ0n) is 17.0. The molecule has 1 atom stereocenters. The second-order valence-corrected chi connectivity index (χ2v) is 7.26. The molecule has 1 unspecified atom stereocenters. The van der Waals surface area contributed by atoms with E-state index in [0.29, 0.717) is 16.9 Å². The standard InChI is InChI=1S/C23H23NO6/c1-24(2)17-8-4-15(5-9-17)12-19-21(20-13-28-14-29-20)22(25)30-23(19,26)16-6-10-18(27-3)11-7-16/h4-11,13,26H,12,14H2,1-3H3. The van der Waals surface area contributed by atoms with E-state index in [1.807, 2.05) is 43.3 Å². The Kier molecular flexibility index (Phi) is 5.13. The third-order valence-electron chi connectivity index (χ3n) is 5.19. The first-order chi connectivity index (χ1) is 14.4. The van der Waals surface area contributed by atoms with Crippen LogP contribution in [0.25, 0.3) is 0 Å². The van der Waals surface area contributed by atoms with Crippen molar-refractivity contribution < 1.29 is 28.8 Å². The lowest BCUT2D eigenvalue weighted by atomic mass is 9.89. The highest BCUT2D eigenvalue weighted by molar-refractivity contribution is 5.97. The van der Waals surface area contributed by atoms with Gasteiger partial charge in [0, 0.05) is 37.3 Å². The van der Waals surface area contributed by atoms with Crippen LogP contribution in [0.15, 0.2) is 71.7 Å².